The molecule has 0 bridgehead atoms. The van der Waals surface area contributed by atoms with E-state index >= 15 is 0 Å². The number of unbranched alkanes of at least 4 members (excludes halogenated alkanes) is 1. The van der Waals surface area contributed by atoms with Gasteiger partial charge in [0.1, 0.15) is 24.1 Å². The van der Waals surface area contributed by atoms with Crippen molar-refractivity contribution in [1.29, 1.82) is 0 Å². The zero-order valence-electron chi connectivity index (χ0n) is 38.6. The van der Waals surface area contributed by atoms with E-state index in [-0.39, 0.29) is 87.5 Å². The predicted octanol–water partition coefficient (Wildman–Crippen LogP) is 1.97. The number of guanidine groups is 1. The summed E-state index contributed by atoms with van der Waals surface area (Å²) in [4.78, 5) is 94.1. The third kappa shape index (κ3) is 19.7. The van der Waals surface area contributed by atoms with E-state index in [4.69, 9.17) is 10.5 Å². The highest BCUT2D eigenvalue weighted by Gasteiger charge is 2.29. The van der Waals surface area contributed by atoms with Gasteiger partial charge >= 0.3 is 12.0 Å². The number of urea groups is 1. The smallest absolute Gasteiger partial charge is 0.323 e. The van der Waals surface area contributed by atoms with Crippen LogP contribution in [0.15, 0.2) is 83.9 Å². The third-order valence-corrected chi connectivity index (χ3v) is 11.0. The number of carboxylic acid groups (broad SMARTS) is 1. The Balaban J connectivity index is 1.32. The number of nitrogens with zero attached hydrogens (tertiary/aromatic N) is 2. The van der Waals surface area contributed by atoms with E-state index in [1.165, 1.54) is 17.0 Å². The fraction of sp³-hybridized carbons (Fsp3) is 0.458. The number of carbonyl (C=O) groups excluding carboxylic acids is 6. The number of aliphatic imine (C=N–C) groups is 1. The summed E-state index contributed by atoms with van der Waals surface area (Å²) < 4.78 is 6.07. The monoisotopic (exact) mass is 942 g/mol. The first-order valence-corrected chi connectivity index (χ1v) is 23.1. The Morgan fingerprint density at radius 1 is 0.809 bits per heavy atom. The van der Waals surface area contributed by atoms with Gasteiger partial charge in [0.05, 0.1) is 12.5 Å². The van der Waals surface area contributed by atoms with Gasteiger partial charge < -0.3 is 57.5 Å². The lowest BCUT2D eigenvalue weighted by atomic mass is 9.90. The van der Waals surface area contributed by atoms with Gasteiger partial charge in [-0.05, 0) is 92.6 Å². The first-order chi connectivity index (χ1) is 32.8. The van der Waals surface area contributed by atoms with E-state index in [0.29, 0.717) is 81.6 Å². The van der Waals surface area contributed by atoms with E-state index in [1.807, 2.05) is 30.3 Å². The molecule has 3 aromatic carbocycles. The SMILES string of the molecule is CCC(=O)NCCNC(=O)NC(N)=NCCC[C@@H](NC(=O)C(c1ccccc1)c1cccc(OCCCCNC(=O)CCC(=O)N(CC(=O)O)C2CCNCC2)c1)C(=O)NCc1ccc(O)cc1. The number of ether oxygens (including phenoxy) is 1. The van der Waals surface area contributed by atoms with Gasteiger partial charge in [-0.25, -0.2) is 4.79 Å². The Labute approximate surface area is 396 Å². The van der Waals surface area contributed by atoms with Crippen molar-refractivity contribution in [2.75, 3.05) is 52.4 Å². The maximum atomic E-state index is 14.4. The summed E-state index contributed by atoms with van der Waals surface area (Å²) in [6.45, 7) is 4.11. The Morgan fingerprint density at radius 3 is 2.24 bits per heavy atom. The molecule has 1 unspecified atom stereocenters. The number of carboxylic acids is 1. The fourth-order valence-electron chi connectivity index (χ4n) is 7.35. The van der Waals surface area contributed by atoms with Crippen molar-refractivity contribution in [3.8, 4) is 11.5 Å². The topological polar surface area (TPSA) is 295 Å². The van der Waals surface area contributed by atoms with Crippen LogP contribution in [0.1, 0.15) is 87.3 Å². The molecule has 1 aliphatic heterocycles. The molecule has 0 aromatic heterocycles. The molecule has 368 valence electrons. The fourth-order valence-corrected chi connectivity index (χ4v) is 7.35. The number of hydrogen-bond acceptors (Lipinski definition) is 11. The number of aliphatic carboxylic acids is 1. The molecule has 3 aromatic rings. The number of phenolic OH excluding ortho intramolecular Hbond substituents is 1. The number of piperidine rings is 1. The molecule has 0 aliphatic carbocycles. The van der Waals surface area contributed by atoms with Crippen LogP contribution in [0.2, 0.25) is 0 Å². The predicted molar refractivity (Wildman–Crippen MR) is 254 cm³/mol. The molecule has 4 rings (SSSR count). The van der Waals surface area contributed by atoms with Gasteiger partial charge in [-0.1, -0.05) is 61.5 Å². The molecule has 11 N–H and O–H groups in total. The molecular formula is C48H66N10O10. The number of benzene rings is 3. The number of rotatable bonds is 27. The molecule has 20 nitrogen and oxygen atoms in total. The van der Waals surface area contributed by atoms with Crippen molar-refractivity contribution in [3.63, 3.8) is 0 Å². The summed E-state index contributed by atoms with van der Waals surface area (Å²) in [5, 5.41) is 38.5. The molecule has 1 aliphatic rings. The van der Waals surface area contributed by atoms with E-state index in [9.17, 15) is 43.8 Å². The number of hydrogen-bond donors (Lipinski definition) is 10. The minimum atomic E-state index is -1.09. The highest BCUT2D eigenvalue weighted by molar-refractivity contribution is 5.95. The number of carbonyl (C=O) groups is 7. The molecule has 0 saturated carbocycles. The lowest BCUT2D eigenvalue weighted by Crippen LogP contribution is -2.48. The summed E-state index contributed by atoms with van der Waals surface area (Å²) in [5.74, 6) is -3.13. The van der Waals surface area contributed by atoms with Gasteiger partial charge in [0.25, 0.3) is 0 Å². The average molecular weight is 943 g/mol. The molecule has 68 heavy (non-hydrogen) atoms. The number of phenols is 1. The summed E-state index contributed by atoms with van der Waals surface area (Å²) in [6, 6.07) is 20.9. The lowest BCUT2D eigenvalue weighted by Gasteiger charge is -2.33. The normalized spacial score (nSPS) is 13.5. The second-order valence-electron chi connectivity index (χ2n) is 16.2. The molecular weight excluding hydrogens is 877 g/mol. The Hall–Kier alpha value is -7.22. The standard InChI is InChI=1S/C48H66N10O10/c1-2-40(60)52-27-28-54-48(67)57-47(49)53-24-9-14-39(45(65)55-31-33-15-17-37(59)18-16-33)56-46(66)44(34-10-4-3-5-11-34)35-12-8-13-38(30-35)68-29-7-6-23-51-41(61)19-20-42(62)58(32-43(63)64)36-21-25-50-26-22-36/h3-5,8,10-13,15-18,30,36,39,44,50,59H,2,6-7,9,14,19-29,31-32H2,1H3,(H,51,61)(H,52,60)(H,55,65)(H,56,66)(H,63,64)(H4,49,53,54,57,67)/t39-,44?/m1/s1. The van der Waals surface area contributed by atoms with Gasteiger partial charge in [0.2, 0.25) is 29.5 Å². The van der Waals surface area contributed by atoms with E-state index in [0.717, 1.165) is 5.56 Å². The Bertz CT molecular complexity index is 2130. The van der Waals surface area contributed by atoms with Crippen molar-refractivity contribution in [3.05, 3.63) is 95.6 Å². The molecule has 0 spiro atoms. The number of nitrogens with one attached hydrogen (secondary N) is 7. The Kier molecular flexibility index (Phi) is 23.1. The summed E-state index contributed by atoms with van der Waals surface area (Å²) >= 11 is 0. The molecule has 1 heterocycles. The number of nitrogens with two attached hydrogens (primary N) is 1. The zero-order valence-corrected chi connectivity index (χ0v) is 38.6. The number of amides is 7. The van der Waals surface area contributed by atoms with Crippen LogP contribution in [-0.2, 0) is 35.3 Å². The van der Waals surface area contributed by atoms with Crippen molar-refractivity contribution < 1.29 is 48.5 Å². The van der Waals surface area contributed by atoms with Crippen LogP contribution < -0.4 is 47.7 Å². The number of aromatic hydroxyl groups is 1. The summed E-state index contributed by atoms with van der Waals surface area (Å²) in [7, 11) is 0. The zero-order chi connectivity index (χ0) is 49.1. The van der Waals surface area contributed by atoms with E-state index in [1.54, 1.807) is 43.3 Å². The summed E-state index contributed by atoms with van der Waals surface area (Å²) in [6.07, 6.45) is 3.19. The lowest BCUT2D eigenvalue weighted by molar-refractivity contribution is -0.147. The average Bonchev–Trinajstić information content (AvgIpc) is 3.33. The van der Waals surface area contributed by atoms with Crippen LogP contribution in [0.25, 0.3) is 0 Å². The maximum absolute atomic E-state index is 14.4. The van der Waals surface area contributed by atoms with Crippen molar-refractivity contribution in [1.82, 2.24) is 42.1 Å². The van der Waals surface area contributed by atoms with E-state index in [2.05, 4.69) is 42.2 Å². The quantitative estimate of drug-likeness (QED) is 0.0298. The second kappa shape index (κ2) is 29.4. The molecule has 1 saturated heterocycles. The second-order valence-corrected chi connectivity index (χ2v) is 16.2. The molecule has 0 radical (unpaired) electrons. The molecule has 20 heteroatoms. The largest absolute Gasteiger partial charge is 0.508 e. The molecule has 7 amide bonds. The van der Waals surface area contributed by atoms with Crippen LogP contribution in [0, 0.1) is 0 Å². The first-order valence-electron chi connectivity index (χ1n) is 23.1. The molecule has 2 atom stereocenters. The Morgan fingerprint density at radius 2 is 1.51 bits per heavy atom. The van der Waals surface area contributed by atoms with E-state index < -0.39 is 35.8 Å². The van der Waals surface area contributed by atoms with Crippen molar-refractivity contribution in [2.45, 2.75) is 89.3 Å². The van der Waals surface area contributed by atoms with Gasteiger partial charge in [-0.15, -0.1) is 0 Å². The van der Waals surface area contributed by atoms with Crippen LogP contribution in [-0.4, -0.2) is 127 Å². The van der Waals surface area contributed by atoms with Crippen LogP contribution in [0.5, 0.6) is 11.5 Å². The minimum absolute atomic E-state index is 0.0438. The minimum Gasteiger partial charge on any atom is -0.508 e. The van der Waals surface area contributed by atoms with Gasteiger partial charge in [0.15, 0.2) is 5.96 Å². The highest BCUT2D eigenvalue weighted by atomic mass is 16.5. The third-order valence-electron chi connectivity index (χ3n) is 11.0. The van der Waals surface area contributed by atoms with Crippen molar-refractivity contribution in [2.24, 2.45) is 10.7 Å². The maximum Gasteiger partial charge on any atom is 0.323 e. The first kappa shape index (κ1) is 53.4. The van der Waals surface area contributed by atoms with Crippen LogP contribution in [0.4, 0.5) is 4.79 Å². The van der Waals surface area contributed by atoms with Gasteiger partial charge in [0, 0.05) is 58.0 Å². The summed E-state index contributed by atoms with van der Waals surface area (Å²) in [5.41, 5.74) is 7.95. The van der Waals surface area contributed by atoms with Crippen LogP contribution >= 0.6 is 0 Å². The van der Waals surface area contributed by atoms with Gasteiger partial charge in [-0.3, -0.25) is 39.1 Å². The van der Waals surface area contributed by atoms with Crippen molar-refractivity contribution >= 4 is 47.5 Å². The van der Waals surface area contributed by atoms with Crippen LogP contribution in [0.3, 0.4) is 0 Å². The van der Waals surface area contributed by atoms with Gasteiger partial charge in [-0.2, -0.15) is 0 Å². The highest BCUT2D eigenvalue weighted by Crippen LogP contribution is 2.28. The molecule has 1 fully saturated rings.